The van der Waals surface area contributed by atoms with Crippen molar-refractivity contribution in [3.63, 3.8) is 0 Å². The molecule has 9 nitrogen and oxygen atoms in total. The third-order valence-corrected chi connectivity index (χ3v) is 5.62. The monoisotopic (exact) mass is 494 g/mol. The third kappa shape index (κ3) is 5.20. The fourth-order valence-corrected chi connectivity index (χ4v) is 3.87. The van der Waals surface area contributed by atoms with Crippen molar-refractivity contribution >= 4 is 33.5 Å². The lowest BCUT2D eigenvalue weighted by Crippen LogP contribution is -2.11. The maximum absolute atomic E-state index is 12.7. The molecule has 0 spiro atoms. The number of H-pyrrole nitrogens is 2. The van der Waals surface area contributed by atoms with Gasteiger partial charge in [-0.2, -0.15) is 4.98 Å². The Morgan fingerprint density at radius 1 is 0.973 bits per heavy atom. The maximum atomic E-state index is 12.7. The molecule has 0 aliphatic rings. The van der Waals surface area contributed by atoms with Crippen LogP contribution >= 0.6 is 0 Å². The second-order valence-corrected chi connectivity index (χ2v) is 8.10. The fraction of sp³-hybridized carbons (Fsp3) is 0.143. The van der Waals surface area contributed by atoms with E-state index in [4.69, 9.17) is 9.26 Å². The second kappa shape index (κ2) is 10.4. The molecule has 0 atom stereocenters. The highest BCUT2D eigenvalue weighted by Crippen LogP contribution is 2.25. The molecule has 6 rings (SSSR count). The molecule has 0 saturated carbocycles. The maximum Gasteiger partial charge on any atom is 0.264 e. The standard InChI is InChI=1S/C26H20N6O3.C2H6/c1-15-28-24(35-32-15)14-34-20-8-9-21-23(13-20)31-25(30-21)17-2-4-18(5-3-17)26(33)29-19-7-6-16-10-11-27-22(16)12-19;1-2/h2-13,27H,14H2,1H3,(H,29,33)(H,30,31);1-2H3. The van der Waals surface area contributed by atoms with Crippen molar-refractivity contribution in [2.45, 2.75) is 27.4 Å². The number of imidazole rings is 1. The number of rotatable bonds is 6. The van der Waals surface area contributed by atoms with Crippen LogP contribution in [-0.4, -0.2) is 31.0 Å². The van der Waals surface area contributed by atoms with Gasteiger partial charge in [0.25, 0.3) is 11.8 Å². The van der Waals surface area contributed by atoms with E-state index < -0.39 is 0 Å². The van der Waals surface area contributed by atoms with E-state index in [0.29, 0.717) is 28.9 Å². The van der Waals surface area contributed by atoms with Gasteiger partial charge in [-0.15, -0.1) is 0 Å². The zero-order valence-electron chi connectivity index (χ0n) is 20.7. The van der Waals surface area contributed by atoms with Gasteiger partial charge in [0, 0.05) is 34.6 Å². The van der Waals surface area contributed by atoms with Crippen molar-refractivity contribution in [3.05, 3.63) is 90.2 Å². The number of carbonyl (C=O) groups is 1. The van der Waals surface area contributed by atoms with Crippen molar-refractivity contribution in [3.8, 4) is 17.1 Å². The minimum absolute atomic E-state index is 0.176. The van der Waals surface area contributed by atoms with E-state index in [-0.39, 0.29) is 12.5 Å². The van der Waals surface area contributed by atoms with Crippen LogP contribution in [0.4, 0.5) is 5.69 Å². The van der Waals surface area contributed by atoms with Gasteiger partial charge in [-0.25, -0.2) is 4.98 Å². The molecule has 0 unspecified atom stereocenters. The summed E-state index contributed by atoms with van der Waals surface area (Å²) in [6.07, 6.45) is 1.87. The number of fused-ring (bicyclic) bond motifs is 2. The first-order chi connectivity index (χ1) is 18.1. The molecule has 0 aliphatic heterocycles. The molecule has 0 bridgehead atoms. The second-order valence-electron chi connectivity index (χ2n) is 8.10. The Hall–Kier alpha value is -4.92. The lowest BCUT2D eigenvalue weighted by molar-refractivity contribution is 0.102. The van der Waals surface area contributed by atoms with Crippen LogP contribution in [-0.2, 0) is 6.61 Å². The number of carbonyl (C=O) groups excluding carboxylic acids is 1. The van der Waals surface area contributed by atoms with Crippen molar-refractivity contribution < 1.29 is 14.1 Å². The van der Waals surface area contributed by atoms with E-state index in [1.165, 1.54) is 0 Å². The first-order valence-corrected chi connectivity index (χ1v) is 12.0. The smallest absolute Gasteiger partial charge is 0.264 e. The number of ether oxygens (including phenoxy) is 1. The van der Waals surface area contributed by atoms with Gasteiger partial charge in [-0.3, -0.25) is 4.79 Å². The van der Waals surface area contributed by atoms with Crippen LogP contribution in [0.25, 0.3) is 33.3 Å². The SMILES string of the molecule is CC.Cc1noc(COc2ccc3nc(-c4ccc(C(=O)Nc5ccc6cc[nH]c6c5)cc4)[nH]c3c2)n1. The first-order valence-electron chi connectivity index (χ1n) is 12.0. The number of anilines is 1. The van der Waals surface area contributed by atoms with Crippen LogP contribution in [0.3, 0.4) is 0 Å². The quantitative estimate of drug-likeness (QED) is 0.251. The van der Waals surface area contributed by atoms with Crippen molar-refractivity contribution in [1.82, 2.24) is 25.1 Å². The summed E-state index contributed by atoms with van der Waals surface area (Å²) in [6, 6.07) is 20.7. The summed E-state index contributed by atoms with van der Waals surface area (Å²) in [5, 5.41) is 7.79. The predicted octanol–water partition coefficient (Wildman–Crippen LogP) is 6.26. The van der Waals surface area contributed by atoms with Gasteiger partial charge < -0.3 is 24.5 Å². The highest BCUT2D eigenvalue weighted by molar-refractivity contribution is 6.05. The van der Waals surface area contributed by atoms with E-state index in [9.17, 15) is 4.79 Å². The van der Waals surface area contributed by atoms with E-state index in [1.54, 1.807) is 19.1 Å². The van der Waals surface area contributed by atoms with E-state index >= 15 is 0 Å². The molecule has 3 aromatic heterocycles. The summed E-state index contributed by atoms with van der Waals surface area (Å²) in [7, 11) is 0. The molecular weight excluding hydrogens is 468 g/mol. The summed E-state index contributed by atoms with van der Waals surface area (Å²) in [6.45, 7) is 5.95. The highest BCUT2D eigenvalue weighted by atomic mass is 16.5. The number of aryl methyl sites for hydroxylation is 1. The summed E-state index contributed by atoms with van der Waals surface area (Å²) < 4.78 is 10.8. The number of hydrogen-bond donors (Lipinski definition) is 3. The Kier molecular flexibility index (Phi) is 6.67. The lowest BCUT2D eigenvalue weighted by Gasteiger charge is -2.06. The Bertz CT molecular complexity index is 1660. The Morgan fingerprint density at radius 2 is 1.81 bits per heavy atom. The van der Waals surface area contributed by atoms with Gasteiger partial charge >= 0.3 is 0 Å². The van der Waals surface area contributed by atoms with E-state index in [2.05, 4.69) is 30.4 Å². The Labute approximate surface area is 212 Å². The van der Waals surface area contributed by atoms with Gasteiger partial charge in [-0.1, -0.05) is 37.2 Å². The molecule has 186 valence electrons. The van der Waals surface area contributed by atoms with Crippen LogP contribution in [0, 0.1) is 6.92 Å². The number of benzene rings is 3. The topological polar surface area (TPSA) is 122 Å². The van der Waals surface area contributed by atoms with E-state index in [1.807, 2.05) is 74.6 Å². The molecule has 9 heteroatoms. The van der Waals surface area contributed by atoms with Crippen LogP contribution in [0.15, 0.2) is 77.4 Å². The van der Waals surface area contributed by atoms with Crippen LogP contribution in [0.2, 0.25) is 0 Å². The number of amides is 1. The number of aromatic amines is 2. The Balaban J connectivity index is 0.00000137. The van der Waals surface area contributed by atoms with Gasteiger partial charge in [0.2, 0.25) is 0 Å². The summed E-state index contributed by atoms with van der Waals surface area (Å²) >= 11 is 0. The van der Waals surface area contributed by atoms with Crippen LogP contribution in [0.5, 0.6) is 5.75 Å². The molecule has 3 heterocycles. The van der Waals surface area contributed by atoms with Crippen LogP contribution in [0.1, 0.15) is 35.9 Å². The number of nitrogens with one attached hydrogen (secondary N) is 3. The van der Waals surface area contributed by atoms with Crippen molar-refractivity contribution in [2.24, 2.45) is 0 Å². The lowest BCUT2D eigenvalue weighted by atomic mass is 10.1. The third-order valence-electron chi connectivity index (χ3n) is 5.62. The zero-order chi connectivity index (χ0) is 25.8. The van der Waals surface area contributed by atoms with Gasteiger partial charge in [0.15, 0.2) is 12.4 Å². The first kappa shape index (κ1) is 23.8. The average molecular weight is 495 g/mol. The summed E-state index contributed by atoms with van der Waals surface area (Å²) in [5.41, 5.74) is 4.78. The highest BCUT2D eigenvalue weighted by Gasteiger charge is 2.11. The molecule has 1 amide bonds. The molecule has 3 N–H and O–H groups in total. The molecule has 0 radical (unpaired) electrons. The van der Waals surface area contributed by atoms with Gasteiger partial charge in [0.05, 0.1) is 11.0 Å². The minimum Gasteiger partial charge on any atom is -0.484 e. The molecule has 0 fully saturated rings. The molecule has 3 aromatic carbocycles. The van der Waals surface area contributed by atoms with Crippen molar-refractivity contribution in [1.29, 1.82) is 0 Å². The summed E-state index contributed by atoms with van der Waals surface area (Å²) in [4.78, 5) is 28.0. The molecule has 0 aliphatic carbocycles. The normalized spacial score (nSPS) is 10.8. The van der Waals surface area contributed by atoms with E-state index in [0.717, 1.165) is 33.2 Å². The number of nitrogens with zero attached hydrogens (tertiary/aromatic N) is 3. The minimum atomic E-state index is -0.176. The number of hydrogen-bond acceptors (Lipinski definition) is 6. The van der Waals surface area contributed by atoms with Gasteiger partial charge in [-0.05, 0) is 54.8 Å². The fourth-order valence-electron chi connectivity index (χ4n) is 3.87. The van der Waals surface area contributed by atoms with Gasteiger partial charge in [0.1, 0.15) is 11.6 Å². The molecule has 37 heavy (non-hydrogen) atoms. The summed E-state index contributed by atoms with van der Waals surface area (Å²) in [5.74, 6) is 2.17. The van der Waals surface area contributed by atoms with Crippen LogP contribution < -0.4 is 10.1 Å². The average Bonchev–Trinajstić information content (AvgIpc) is 3.67. The Morgan fingerprint density at radius 3 is 2.59 bits per heavy atom. The molecular formula is C28H26N6O3. The largest absolute Gasteiger partial charge is 0.484 e. The molecule has 6 aromatic rings. The molecule has 0 saturated heterocycles. The zero-order valence-corrected chi connectivity index (χ0v) is 20.7. The number of aromatic nitrogens is 5. The predicted molar refractivity (Wildman–Crippen MR) is 142 cm³/mol. The van der Waals surface area contributed by atoms with Crippen molar-refractivity contribution in [2.75, 3.05) is 5.32 Å².